The highest BCUT2D eigenvalue weighted by Crippen LogP contribution is 2.18. The van der Waals surface area contributed by atoms with E-state index in [2.05, 4.69) is 0 Å². The minimum absolute atomic E-state index is 0.0222. The van der Waals surface area contributed by atoms with Crippen molar-refractivity contribution in [2.75, 3.05) is 6.61 Å². The molecule has 0 radical (unpaired) electrons. The summed E-state index contributed by atoms with van der Waals surface area (Å²) in [5.41, 5.74) is 7.17. The van der Waals surface area contributed by atoms with Crippen LogP contribution in [0.2, 0.25) is 5.02 Å². The second-order valence-electron chi connectivity index (χ2n) is 4.11. The highest BCUT2D eigenvalue weighted by Gasteiger charge is 2.05. The lowest BCUT2D eigenvalue weighted by Crippen LogP contribution is -2.14. The van der Waals surface area contributed by atoms with Gasteiger partial charge in [0.05, 0.1) is 6.61 Å². The predicted molar refractivity (Wildman–Crippen MR) is 74.9 cm³/mol. The van der Waals surface area contributed by atoms with Gasteiger partial charge in [-0.3, -0.25) is 0 Å². The largest absolute Gasteiger partial charge is 0.494 e. The summed E-state index contributed by atoms with van der Waals surface area (Å²) >= 11 is 5.84. The first-order chi connectivity index (χ1) is 8.75. The molecule has 0 unspecified atom stereocenters. The number of hydrogen-bond acceptors (Lipinski definition) is 2. The maximum Gasteiger partial charge on any atom is 0.119 e. The van der Waals surface area contributed by atoms with Crippen LogP contribution in [0.15, 0.2) is 54.6 Å². The highest BCUT2D eigenvalue weighted by molar-refractivity contribution is 6.30. The molecule has 0 saturated carbocycles. The molecule has 2 nitrogen and oxygen atoms in total. The Morgan fingerprint density at radius 3 is 2.33 bits per heavy atom. The first-order valence-electron chi connectivity index (χ1n) is 5.94. The molecule has 0 amide bonds. The molecular weight excluding hydrogens is 246 g/mol. The van der Waals surface area contributed by atoms with E-state index in [0.29, 0.717) is 6.61 Å². The van der Waals surface area contributed by atoms with Gasteiger partial charge in [0, 0.05) is 17.5 Å². The van der Waals surface area contributed by atoms with Crippen molar-refractivity contribution in [3.63, 3.8) is 0 Å². The number of benzene rings is 2. The van der Waals surface area contributed by atoms with Crippen molar-refractivity contribution in [1.82, 2.24) is 0 Å². The molecule has 0 aliphatic heterocycles. The van der Waals surface area contributed by atoms with E-state index in [1.165, 1.54) is 0 Å². The molecule has 94 valence electrons. The minimum atomic E-state index is -0.0222. The first kappa shape index (κ1) is 12.9. The lowest BCUT2D eigenvalue weighted by atomic mass is 10.1. The zero-order valence-electron chi connectivity index (χ0n) is 10.1. The Morgan fingerprint density at radius 2 is 1.67 bits per heavy atom. The average molecular weight is 262 g/mol. The van der Waals surface area contributed by atoms with Crippen molar-refractivity contribution in [2.45, 2.75) is 12.5 Å². The molecule has 2 N–H and O–H groups in total. The molecule has 2 rings (SSSR count). The zero-order valence-corrected chi connectivity index (χ0v) is 10.8. The molecule has 0 fully saturated rings. The molecule has 0 aromatic heterocycles. The standard InChI is InChI=1S/C15H16ClNO/c16-13-8-6-12(7-9-13)15(17)10-11-18-14-4-2-1-3-5-14/h1-9,15H,10-11,17H2/t15-/m0/s1. The van der Waals surface area contributed by atoms with Crippen molar-refractivity contribution in [2.24, 2.45) is 5.73 Å². The van der Waals surface area contributed by atoms with Crippen LogP contribution in [-0.2, 0) is 0 Å². The van der Waals surface area contributed by atoms with Gasteiger partial charge in [-0.05, 0) is 29.8 Å². The maximum atomic E-state index is 6.09. The minimum Gasteiger partial charge on any atom is -0.494 e. The number of nitrogens with two attached hydrogens (primary N) is 1. The van der Waals surface area contributed by atoms with Gasteiger partial charge in [-0.2, -0.15) is 0 Å². The van der Waals surface area contributed by atoms with Crippen LogP contribution in [0.1, 0.15) is 18.0 Å². The highest BCUT2D eigenvalue weighted by atomic mass is 35.5. The van der Waals surface area contributed by atoms with Crippen LogP contribution in [0, 0.1) is 0 Å². The number of hydrogen-bond donors (Lipinski definition) is 1. The first-order valence-corrected chi connectivity index (χ1v) is 6.32. The predicted octanol–water partition coefficient (Wildman–Crippen LogP) is 3.81. The Balaban J connectivity index is 1.81. The van der Waals surface area contributed by atoms with Gasteiger partial charge in [0.25, 0.3) is 0 Å². The van der Waals surface area contributed by atoms with Gasteiger partial charge < -0.3 is 10.5 Å². The van der Waals surface area contributed by atoms with Crippen LogP contribution < -0.4 is 10.5 Å². The maximum absolute atomic E-state index is 6.09. The summed E-state index contributed by atoms with van der Waals surface area (Å²) in [6.45, 7) is 0.605. The van der Waals surface area contributed by atoms with E-state index >= 15 is 0 Å². The van der Waals surface area contributed by atoms with Gasteiger partial charge in [-0.1, -0.05) is 41.9 Å². The van der Waals surface area contributed by atoms with Crippen molar-refractivity contribution in [3.05, 3.63) is 65.2 Å². The fourth-order valence-corrected chi connectivity index (χ4v) is 1.82. The van der Waals surface area contributed by atoms with E-state index in [-0.39, 0.29) is 6.04 Å². The molecule has 0 saturated heterocycles. The summed E-state index contributed by atoms with van der Waals surface area (Å²) < 4.78 is 5.62. The van der Waals surface area contributed by atoms with E-state index in [4.69, 9.17) is 22.1 Å². The van der Waals surface area contributed by atoms with Gasteiger partial charge in [-0.25, -0.2) is 0 Å². The third-order valence-corrected chi connectivity index (χ3v) is 2.99. The molecule has 1 atom stereocenters. The summed E-state index contributed by atoms with van der Waals surface area (Å²) in [5, 5.41) is 0.728. The van der Waals surface area contributed by atoms with Crippen molar-refractivity contribution < 1.29 is 4.74 Å². The third kappa shape index (κ3) is 3.76. The molecule has 2 aromatic rings. The van der Waals surface area contributed by atoms with E-state index in [9.17, 15) is 0 Å². The Bertz CT molecular complexity index is 470. The molecular formula is C15H16ClNO. The third-order valence-electron chi connectivity index (χ3n) is 2.74. The van der Waals surface area contributed by atoms with Crippen molar-refractivity contribution >= 4 is 11.6 Å². The lowest BCUT2D eigenvalue weighted by molar-refractivity contribution is 0.298. The van der Waals surface area contributed by atoms with E-state index in [1.807, 2.05) is 54.6 Å². The fourth-order valence-electron chi connectivity index (χ4n) is 1.70. The van der Waals surface area contributed by atoms with Crippen LogP contribution in [0.25, 0.3) is 0 Å². The van der Waals surface area contributed by atoms with Crippen molar-refractivity contribution in [3.8, 4) is 5.75 Å². The fraction of sp³-hybridized carbons (Fsp3) is 0.200. The van der Waals surface area contributed by atoms with Crippen molar-refractivity contribution in [1.29, 1.82) is 0 Å². The molecule has 3 heteroatoms. The number of rotatable bonds is 5. The van der Waals surface area contributed by atoms with Gasteiger partial charge in [0.15, 0.2) is 0 Å². The van der Waals surface area contributed by atoms with Gasteiger partial charge in [-0.15, -0.1) is 0 Å². The summed E-state index contributed by atoms with van der Waals surface area (Å²) in [6, 6.07) is 17.3. The number of halogens is 1. The summed E-state index contributed by atoms with van der Waals surface area (Å²) in [6.07, 6.45) is 0.774. The number of ether oxygens (including phenoxy) is 1. The van der Waals surface area contributed by atoms with E-state index in [1.54, 1.807) is 0 Å². The quantitative estimate of drug-likeness (QED) is 0.888. The molecule has 0 aliphatic rings. The van der Waals surface area contributed by atoms with Crippen LogP contribution in [-0.4, -0.2) is 6.61 Å². The summed E-state index contributed by atoms with van der Waals surface area (Å²) in [4.78, 5) is 0. The number of para-hydroxylation sites is 1. The molecule has 0 bridgehead atoms. The van der Waals surface area contributed by atoms with Crippen LogP contribution in [0.3, 0.4) is 0 Å². The Labute approximate surface area is 112 Å². The Kier molecular flexibility index (Phi) is 4.62. The van der Waals surface area contributed by atoms with Crippen LogP contribution in [0.5, 0.6) is 5.75 Å². The molecule has 0 spiro atoms. The second-order valence-corrected chi connectivity index (χ2v) is 4.54. The molecule has 0 aliphatic carbocycles. The van der Waals surface area contributed by atoms with E-state index in [0.717, 1.165) is 22.8 Å². The normalized spacial score (nSPS) is 12.1. The van der Waals surface area contributed by atoms with Gasteiger partial charge in [0.1, 0.15) is 5.75 Å². The monoisotopic (exact) mass is 261 g/mol. The van der Waals surface area contributed by atoms with Crippen LogP contribution in [0.4, 0.5) is 0 Å². The average Bonchev–Trinajstić information content (AvgIpc) is 2.40. The summed E-state index contributed by atoms with van der Waals surface area (Å²) in [5.74, 6) is 0.876. The molecule has 0 heterocycles. The summed E-state index contributed by atoms with van der Waals surface area (Å²) in [7, 11) is 0. The zero-order chi connectivity index (χ0) is 12.8. The lowest BCUT2D eigenvalue weighted by Gasteiger charge is -2.13. The Morgan fingerprint density at radius 1 is 1.00 bits per heavy atom. The van der Waals surface area contributed by atoms with Gasteiger partial charge >= 0.3 is 0 Å². The van der Waals surface area contributed by atoms with E-state index < -0.39 is 0 Å². The Hall–Kier alpha value is -1.51. The van der Waals surface area contributed by atoms with Crippen LogP contribution >= 0.6 is 11.6 Å². The molecule has 18 heavy (non-hydrogen) atoms. The topological polar surface area (TPSA) is 35.2 Å². The SMILES string of the molecule is N[C@@H](CCOc1ccccc1)c1ccc(Cl)cc1. The smallest absolute Gasteiger partial charge is 0.119 e. The van der Waals surface area contributed by atoms with Gasteiger partial charge in [0.2, 0.25) is 0 Å². The molecule has 2 aromatic carbocycles. The second kappa shape index (κ2) is 6.43.